The van der Waals surface area contributed by atoms with Gasteiger partial charge in [-0.3, -0.25) is 0 Å². The Kier molecular flexibility index (Phi) is 5.50. The van der Waals surface area contributed by atoms with Crippen molar-refractivity contribution in [2.75, 3.05) is 6.61 Å². The molecule has 0 saturated carbocycles. The van der Waals surface area contributed by atoms with Crippen LogP contribution >= 0.6 is 0 Å². The summed E-state index contributed by atoms with van der Waals surface area (Å²) in [6.45, 7) is 9.55. The van der Waals surface area contributed by atoms with Gasteiger partial charge in [0.25, 0.3) is 0 Å². The standard InChI is InChI=1S/C15H20O2/c1-4-6-8-13-9-7-10-14(12(3)16)15(13)17-11-5-2/h4-5,7,9-10,12,16H,1-2,6,8,11H2,3H3. The van der Waals surface area contributed by atoms with E-state index in [0.717, 1.165) is 29.7 Å². The van der Waals surface area contributed by atoms with Crippen molar-refractivity contribution < 1.29 is 9.84 Å². The SMILES string of the molecule is C=CCCc1cccc(C(C)O)c1OCC=C. The number of hydrogen-bond donors (Lipinski definition) is 1. The van der Waals surface area contributed by atoms with Gasteiger partial charge in [0.1, 0.15) is 12.4 Å². The molecule has 1 aromatic carbocycles. The van der Waals surface area contributed by atoms with E-state index in [2.05, 4.69) is 13.2 Å². The third-order valence-electron chi connectivity index (χ3n) is 2.54. The van der Waals surface area contributed by atoms with Gasteiger partial charge >= 0.3 is 0 Å². The lowest BCUT2D eigenvalue weighted by Crippen LogP contribution is -2.03. The monoisotopic (exact) mass is 232 g/mol. The van der Waals surface area contributed by atoms with Crippen molar-refractivity contribution in [2.45, 2.75) is 25.9 Å². The molecule has 0 bridgehead atoms. The number of ether oxygens (including phenoxy) is 1. The quantitative estimate of drug-likeness (QED) is 0.730. The Bertz CT molecular complexity index is 381. The van der Waals surface area contributed by atoms with E-state index in [-0.39, 0.29) is 0 Å². The molecule has 2 nitrogen and oxygen atoms in total. The van der Waals surface area contributed by atoms with Gasteiger partial charge in [0.15, 0.2) is 0 Å². The van der Waals surface area contributed by atoms with E-state index >= 15 is 0 Å². The lowest BCUT2D eigenvalue weighted by atomic mass is 10.0. The summed E-state index contributed by atoms with van der Waals surface area (Å²) in [6, 6.07) is 5.86. The Balaban J connectivity index is 3.04. The van der Waals surface area contributed by atoms with Crippen molar-refractivity contribution in [1.82, 2.24) is 0 Å². The predicted octanol–water partition coefficient (Wildman–Crippen LogP) is 3.42. The van der Waals surface area contributed by atoms with E-state index in [1.54, 1.807) is 13.0 Å². The fourth-order valence-corrected chi connectivity index (χ4v) is 1.71. The van der Waals surface area contributed by atoms with Crippen molar-refractivity contribution in [3.63, 3.8) is 0 Å². The Morgan fingerprint density at radius 3 is 2.71 bits per heavy atom. The number of benzene rings is 1. The lowest BCUT2D eigenvalue weighted by molar-refractivity contribution is 0.192. The van der Waals surface area contributed by atoms with E-state index in [1.807, 2.05) is 24.3 Å². The number of para-hydroxylation sites is 1. The predicted molar refractivity (Wildman–Crippen MR) is 71.3 cm³/mol. The molecule has 1 unspecified atom stereocenters. The maximum Gasteiger partial charge on any atom is 0.128 e. The summed E-state index contributed by atoms with van der Waals surface area (Å²) >= 11 is 0. The summed E-state index contributed by atoms with van der Waals surface area (Å²) in [7, 11) is 0. The normalized spacial score (nSPS) is 11.9. The molecule has 0 fully saturated rings. The largest absolute Gasteiger partial charge is 0.489 e. The van der Waals surface area contributed by atoms with E-state index in [4.69, 9.17) is 4.74 Å². The number of aryl methyl sites for hydroxylation is 1. The summed E-state index contributed by atoms with van der Waals surface area (Å²) in [4.78, 5) is 0. The van der Waals surface area contributed by atoms with Crippen molar-refractivity contribution in [2.24, 2.45) is 0 Å². The van der Waals surface area contributed by atoms with Crippen LogP contribution in [-0.2, 0) is 6.42 Å². The maximum atomic E-state index is 9.73. The molecule has 1 atom stereocenters. The second kappa shape index (κ2) is 6.92. The van der Waals surface area contributed by atoms with E-state index in [0.29, 0.717) is 6.61 Å². The van der Waals surface area contributed by atoms with Crippen LogP contribution in [-0.4, -0.2) is 11.7 Å². The van der Waals surface area contributed by atoms with Gasteiger partial charge in [-0.05, 0) is 25.3 Å². The van der Waals surface area contributed by atoms with Gasteiger partial charge in [0.05, 0.1) is 6.10 Å². The Labute approximate surface area is 103 Å². The minimum Gasteiger partial charge on any atom is -0.489 e. The molecule has 0 heterocycles. The van der Waals surface area contributed by atoms with Gasteiger partial charge in [-0.2, -0.15) is 0 Å². The number of aliphatic hydroxyl groups is 1. The minimum absolute atomic E-state index is 0.449. The number of rotatable bonds is 7. The van der Waals surface area contributed by atoms with Crippen LogP contribution in [0.2, 0.25) is 0 Å². The average molecular weight is 232 g/mol. The molecular formula is C15H20O2. The molecule has 0 radical (unpaired) electrons. The Morgan fingerprint density at radius 1 is 1.35 bits per heavy atom. The highest BCUT2D eigenvalue weighted by molar-refractivity contribution is 5.43. The molecule has 0 aromatic heterocycles. The van der Waals surface area contributed by atoms with Gasteiger partial charge in [-0.1, -0.05) is 36.9 Å². The molecule has 17 heavy (non-hydrogen) atoms. The molecule has 1 rings (SSSR count). The summed E-state index contributed by atoms with van der Waals surface area (Å²) in [5.74, 6) is 0.782. The molecule has 92 valence electrons. The Morgan fingerprint density at radius 2 is 2.12 bits per heavy atom. The zero-order valence-electron chi connectivity index (χ0n) is 10.4. The van der Waals surface area contributed by atoms with Gasteiger partial charge < -0.3 is 9.84 Å². The van der Waals surface area contributed by atoms with Crippen LogP contribution in [0.4, 0.5) is 0 Å². The van der Waals surface area contributed by atoms with Crippen LogP contribution in [0.15, 0.2) is 43.5 Å². The van der Waals surface area contributed by atoms with Crippen molar-refractivity contribution >= 4 is 0 Å². The van der Waals surface area contributed by atoms with Crippen LogP contribution in [0, 0.1) is 0 Å². The summed E-state index contributed by atoms with van der Waals surface area (Å²) in [5, 5.41) is 9.73. The molecule has 0 aliphatic carbocycles. The van der Waals surface area contributed by atoms with Crippen molar-refractivity contribution in [1.29, 1.82) is 0 Å². The van der Waals surface area contributed by atoms with Crippen molar-refractivity contribution in [3.05, 3.63) is 54.6 Å². The zero-order valence-corrected chi connectivity index (χ0v) is 10.4. The minimum atomic E-state index is -0.529. The highest BCUT2D eigenvalue weighted by atomic mass is 16.5. The second-order valence-corrected chi connectivity index (χ2v) is 3.94. The van der Waals surface area contributed by atoms with E-state index < -0.39 is 6.10 Å². The first-order chi connectivity index (χ1) is 8.20. The summed E-state index contributed by atoms with van der Waals surface area (Å²) in [6.07, 6.45) is 4.82. The first kappa shape index (κ1) is 13.5. The fraction of sp³-hybridized carbons (Fsp3) is 0.333. The molecule has 1 N–H and O–H groups in total. The number of aliphatic hydroxyl groups excluding tert-OH is 1. The number of allylic oxidation sites excluding steroid dienone is 1. The topological polar surface area (TPSA) is 29.5 Å². The van der Waals surface area contributed by atoms with Crippen LogP contribution < -0.4 is 4.74 Å². The van der Waals surface area contributed by atoms with Crippen LogP contribution in [0.3, 0.4) is 0 Å². The van der Waals surface area contributed by atoms with Gasteiger partial charge in [0, 0.05) is 5.56 Å². The smallest absolute Gasteiger partial charge is 0.128 e. The van der Waals surface area contributed by atoms with E-state index in [9.17, 15) is 5.11 Å². The molecule has 0 aliphatic heterocycles. The summed E-state index contributed by atoms with van der Waals surface area (Å²) in [5.41, 5.74) is 1.93. The second-order valence-electron chi connectivity index (χ2n) is 3.94. The molecular weight excluding hydrogens is 212 g/mol. The fourth-order valence-electron chi connectivity index (χ4n) is 1.71. The number of hydrogen-bond acceptors (Lipinski definition) is 2. The first-order valence-corrected chi connectivity index (χ1v) is 5.85. The van der Waals surface area contributed by atoms with Gasteiger partial charge in [0.2, 0.25) is 0 Å². The van der Waals surface area contributed by atoms with Crippen molar-refractivity contribution in [3.8, 4) is 5.75 Å². The van der Waals surface area contributed by atoms with E-state index in [1.165, 1.54) is 0 Å². The first-order valence-electron chi connectivity index (χ1n) is 5.85. The molecule has 1 aromatic rings. The highest BCUT2D eigenvalue weighted by Crippen LogP contribution is 2.30. The van der Waals surface area contributed by atoms with Gasteiger partial charge in [-0.25, -0.2) is 0 Å². The third kappa shape index (κ3) is 3.75. The van der Waals surface area contributed by atoms with Gasteiger partial charge in [-0.15, -0.1) is 6.58 Å². The highest BCUT2D eigenvalue weighted by Gasteiger charge is 2.12. The zero-order chi connectivity index (χ0) is 12.7. The molecule has 0 amide bonds. The lowest BCUT2D eigenvalue weighted by Gasteiger charge is -2.16. The molecule has 2 heteroatoms. The van der Waals surface area contributed by atoms with Crippen LogP contribution in [0.25, 0.3) is 0 Å². The van der Waals surface area contributed by atoms with Crippen LogP contribution in [0.5, 0.6) is 5.75 Å². The maximum absolute atomic E-state index is 9.73. The molecule has 0 saturated heterocycles. The third-order valence-corrected chi connectivity index (χ3v) is 2.54. The average Bonchev–Trinajstić information content (AvgIpc) is 2.33. The summed E-state index contributed by atoms with van der Waals surface area (Å²) < 4.78 is 5.66. The Hall–Kier alpha value is -1.54. The molecule has 0 spiro atoms. The molecule has 0 aliphatic rings. The van der Waals surface area contributed by atoms with Crippen LogP contribution in [0.1, 0.15) is 30.6 Å².